The van der Waals surface area contributed by atoms with Crippen molar-refractivity contribution in [2.24, 2.45) is 0 Å². The number of amides is 1. The van der Waals surface area contributed by atoms with Gasteiger partial charge in [-0.15, -0.1) is 0 Å². The molecule has 0 unspecified atom stereocenters. The minimum absolute atomic E-state index is 0.185. The Hall–Kier alpha value is -2.24. The smallest absolute Gasteiger partial charge is 0.410 e. The number of hydrogen-bond donors (Lipinski definition) is 0. The first kappa shape index (κ1) is 17.6. The Morgan fingerprint density at radius 3 is 2.32 bits per heavy atom. The third-order valence-electron chi connectivity index (χ3n) is 4.58. The van der Waals surface area contributed by atoms with Crippen LogP contribution in [0, 0.1) is 0 Å². The molecule has 2 heterocycles. The van der Waals surface area contributed by atoms with Gasteiger partial charge in [0.15, 0.2) is 0 Å². The number of hydrogen-bond acceptors (Lipinski definition) is 5. The Kier molecular flexibility index (Phi) is 4.62. The van der Waals surface area contributed by atoms with E-state index in [1.54, 1.807) is 19.1 Å². The molecule has 1 aromatic rings. The van der Waals surface area contributed by atoms with Crippen molar-refractivity contribution in [3.05, 3.63) is 29.8 Å². The summed E-state index contributed by atoms with van der Waals surface area (Å²) in [5, 5.41) is 0. The zero-order valence-corrected chi connectivity index (χ0v) is 15.3. The fourth-order valence-corrected chi connectivity index (χ4v) is 3.53. The maximum atomic E-state index is 12.3. The molecular formula is C19H26N2O4. The van der Waals surface area contributed by atoms with Crippen molar-refractivity contribution in [1.29, 1.82) is 0 Å². The van der Waals surface area contributed by atoms with E-state index in [9.17, 15) is 9.59 Å². The van der Waals surface area contributed by atoms with Crippen LogP contribution >= 0.6 is 0 Å². The van der Waals surface area contributed by atoms with E-state index in [1.165, 1.54) is 0 Å². The molecule has 6 nitrogen and oxygen atoms in total. The van der Waals surface area contributed by atoms with Gasteiger partial charge in [0.2, 0.25) is 0 Å². The Morgan fingerprint density at radius 2 is 1.80 bits per heavy atom. The van der Waals surface area contributed by atoms with Crippen molar-refractivity contribution in [3.8, 4) is 0 Å². The van der Waals surface area contributed by atoms with Crippen LogP contribution in [0.25, 0.3) is 0 Å². The van der Waals surface area contributed by atoms with Crippen LogP contribution in [0.4, 0.5) is 10.5 Å². The summed E-state index contributed by atoms with van der Waals surface area (Å²) in [5.41, 5.74) is 1.16. The van der Waals surface area contributed by atoms with E-state index in [0.29, 0.717) is 24.8 Å². The van der Waals surface area contributed by atoms with E-state index in [4.69, 9.17) is 9.47 Å². The Morgan fingerprint density at radius 1 is 1.12 bits per heavy atom. The quantitative estimate of drug-likeness (QED) is 0.787. The van der Waals surface area contributed by atoms with Gasteiger partial charge in [-0.3, -0.25) is 0 Å². The molecule has 25 heavy (non-hydrogen) atoms. The molecule has 0 radical (unpaired) electrons. The van der Waals surface area contributed by atoms with E-state index in [-0.39, 0.29) is 18.1 Å². The third-order valence-corrected chi connectivity index (χ3v) is 4.58. The van der Waals surface area contributed by atoms with Crippen LogP contribution in [0.5, 0.6) is 0 Å². The second kappa shape index (κ2) is 6.58. The lowest BCUT2D eigenvalue weighted by atomic mass is 10.1. The predicted octanol–water partition coefficient (Wildman–Crippen LogP) is 3.06. The first-order valence-corrected chi connectivity index (χ1v) is 8.82. The number of likely N-dealkylation sites (tertiary alicyclic amines) is 1. The SMILES string of the molecule is CCOC(=O)c1ccc(N2C[C@@H]3C[C@H]2CN3C(=O)OC(C)(C)C)cc1. The number of fused-ring (bicyclic) bond motifs is 2. The lowest BCUT2D eigenvalue weighted by Crippen LogP contribution is -2.50. The van der Waals surface area contributed by atoms with Gasteiger partial charge < -0.3 is 19.3 Å². The van der Waals surface area contributed by atoms with Crippen LogP contribution in [0.1, 0.15) is 44.5 Å². The summed E-state index contributed by atoms with van der Waals surface area (Å²) in [6.07, 6.45) is 0.732. The molecular weight excluding hydrogens is 320 g/mol. The second-order valence-corrected chi connectivity index (χ2v) is 7.60. The molecule has 2 fully saturated rings. The Labute approximate surface area is 148 Å². The lowest BCUT2D eigenvalue weighted by Gasteiger charge is -2.36. The van der Waals surface area contributed by atoms with Gasteiger partial charge in [0.25, 0.3) is 0 Å². The van der Waals surface area contributed by atoms with Crippen molar-refractivity contribution < 1.29 is 19.1 Å². The summed E-state index contributed by atoms with van der Waals surface area (Å²) in [6, 6.07) is 7.97. The molecule has 1 amide bonds. The van der Waals surface area contributed by atoms with Gasteiger partial charge in [-0.05, 0) is 58.4 Å². The third kappa shape index (κ3) is 3.72. The number of ether oxygens (including phenoxy) is 2. The maximum Gasteiger partial charge on any atom is 0.410 e. The molecule has 2 saturated heterocycles. The molecule has 2 bridgehead atoms. The lowest BCUT2D eigenvalue weighted by molar-refractivity contribution is 0.0214. The predicted molar refractivity (Wildman–Crippen MR) is 94.9 cm³/mol. The number of esters is 1. The maximum absolute atomic E-state index is 12.3. The van der Waals surface area contributed by atoms with Crippen LogP contribution in [0.3, 0.4) is 0 Å². The van der Waals surface area contributed by atoms with Gasteiger partial charge >= 0.3 is 12.1 Å². The molecule has 2 atom stereocenters. The number of benzene rings is 1. The molecule has 2 aliphatic heterocycles. The molecule has 0 aromatic heterocycles. The summed E-state index contributed by atoms with van der Waals surface area (Å²) in [5.74, 6) is -0.298. The molecule has 136 valence electrons. The number of piperazine rings is 1. The molecule has 0 aliphatic carbocycles. The summed E-state index contributed by atoms with van der Waals surface area (Å²) in [6.45, 7) is 9.30. The molecule has 1 aromatic carbocycles. The number of anilines is 1. The first-order chi connectivity index (χ1) is 11.8. The van der Waals surface area contributed by atoms with Gasteiger partial charge in [0, 0.05) is 24.8 Å². The Bertz CT molecular complexity index is 650. The molecule has 3 rings (SSSR count). The van der Waals surface area contributed by atoms with Crippen LogP contribution in [-0.2, 0) is 9.47 Å². The zero-order valence-electron chi connectivity index (χ0n) is 15.3. The van der Waals surface area contributed by atoms with E-state index in [0.717, 1.165) is 18.7 Å². The second-order valence-electron chi connectivity index (χ2n) is 7.60. The number of rotatable bonds is 3. The van der Waals surface area contributed by atoms with Crippen molar-refractivity contribution in [1.82, 2.24) is 4.90 Å². The molecule has 0 spiro atoms. The highest BCUT2D eigenvalue weighted by atomic mass is 16.6. The van der Waals surface area contributed by atoms with Crippen molar-refractivity contribution in [3.63, 3.8) is 0 Å². The summed E-state index contributed by atoms with van der Waals surface area (Å²) in [7, 11) is 0. The molecule has 0 saturated carbocycles. The Balaban J connectivity index is 1.63. The van der Waals surface area contributed by atoms with E-state index >= 15 is 0 Å². The largest absolute Gasteiger partial charge is 0.462 e. The van der Waals surface area contributed by atoms with E-state index in [1.807, 2.05) is 37.8 Å². The first-order valence-electron chi connectivity index (χ1n) is 8.82. The average molecular weight is 346 g/mol. The normalized spacial score (nSPS) is 22.2. The van der Waals surface area contributed by atoms with Gasteiger partial charge in [0.05, 0.1) is 18.2 Å². The van der Waals surface area contributed by atoms with Crippen LogP contribution in [0.15, 0.2) is 24.3 Å². The molecule has 6 heteroatoms. The van der Waals surface area contributed by atoms with Crippen LogP contribution in [0.2, 0.25) is 0 Å². The van der Waals surface area contributed by atoms with Crippen LogP contribution < -0.4 is 4.90 Å². The average Bonchev–Trinajstić information content (AvgIpc) is 3.14. The van der Waals surface area contributed by atoms with Gasteiger partial charge in [-0.2, -0.15) is 0 Å². The summed E-state index contributed by atoms with van der Waals surface area (Å²) >= 11 is 0. The van der Waals surface area contributed by atoms with Gasteiger partial charge in [0.1, 0.15) is 5.60 Å². The fourth-order valence-electron chi connectivity index (χ4n) is 3.53. The highest BCUT2D eigenvalue weighted by Crippen LogP contribution is 2.35. The number of carbonyl (C=O) groups excluding carboxylic acids is 2. The van der Waals surface area contributed by atoms with Crippen molar-refractivity contribution in [2.45, 2.75) is 51.8 Å². The monoisotopic (exact) mass is 346 g/mol. The van der Waals surface area contributed by atoms with Crippen molar-refractivity contribution in [2.75, 3.05) is 24.6 Å². The summed E-state index contributed by atoms with van der Waals surface area (Å²) in [4.78, 5) is 28.2. The van der Waals surface area contributed by atoms with E-state index in [2.05, 4.69) is 4.90 Å². The van der Waals surface area contributed by atoms with Crippen molar-refractivity contribution >= 4 is 17.7 Å². The van der Waals surface area contributed by atoms with Gasteiger partial charge in [-0.1, -0.05) is 0 Å². The van der Waals surface area contributed by atoms with Gasteiger partial charge in [-0.25, -0.2) is 9.59 Å². The van der Waals surface area contributed by atoms with Crippen LogP contribution in [-0.4, -0.2) is 54.3 Å². The summed E-state index contributed by atoms with van der Waals surface area (Å²) < 4.78 is 10.5. The molecule has 0 N–H and O–H groups in total. The highest BCUT2D eigenvalue weighted by molar-refractivity contribution is 5.89. The molecule has 2 aliphatic rings. The number of carbonyl (C=O) groups is 2. The topological polar surface area (TPSA) is 59.1 Å². The van der Waals surface area contributed by atoms with E-state index < -0.39 is 5.60 Å². The minimum Gasteiger partial charge on any atom is -0.462 e. The fraction of sp³-hybridized carbons (Fsp3) is 0.579. The zero-order chi connectivity index (χ0) is 18.2. The highest BCUT2D eigenvalue weighted by Gasteiger charge is 2.46. The number of nitrogens with zero attached hydrogens (tertiary/aromatic N) is 2. The minimum atomic E-state index is -0.471. The standard InChI is InChI=1S/C19H26N2O4/c1-5-24-17(22)13-6-8-14(9-7-13)20-11-16-10-15(20)12-21(16)18(23)25-19(2,3)4/h6-9,15-16H,5,10-12H2,1-4H3/t15-,16-/m0/s1.